The van der Waals surface area contributed by atoms with E-state index in [2.05, 4.69) is 45.4 Å². The lowest BCUT2D eigenvalue weighted by atomic mass is 9.86. The Morgan fingerprint density at radius 1 is 1.35 bits per heavy atom. The molecular formula is C15H22NO. The third kappa shape index (κ3) is 2.81. The minimum absolute atomic E-state index is 0.314. The zero-order chi connectivity index (χ0) is 12.6. The lowest BCUT2D eigenvalue weighted by Gasteiger charge is -2.33. The van der Waals surface area contributed by atoms with Gasteiger partial charge in [0.2, 0.25) is 0 Å². The number of hydrogen-bond acceptors (Lipinski definition) is 2. The van der Waals surface area contributed by atoms with Crippen LogP contribution in [0, 0.1) is 11.8 Å². The van der Waals surface area contributed by atoms with Gasteiger partial charge in [-0.3, -0.25) is 0 Å². The van der Waals surface area contributed by atoms with Gasteiger partial charge in [-0.25, -0.2) is 0 Å². The molecule has 1 N–H and O–H groups in total. The van der Waals surface area contributed by atoms with Crippen LogP contribution < -0.4 is 4.90 Å². The van der Waals surface area contributed by atoms with Crippen LogP contribution in [0.2, 0.25) is 0 Å². The van der Waals surface area contributed by atoms with Crippen molar-refractivity contribution in [2.24, 2.45) is 5.41 Å². The fourth-order valence-electron chi connectivity index (χ4n) is 2.36. The highest BCUT2D eigenvalue weighted by atomic mass is 16.3. The van der Waals surface area contributed by atoms with Crippen molar-refractivity contribution >= 4 is 5.69 Å². The van der Waals surface area contributed by atoms with Gasteiger partial charge in [-0.05, 0) is 41.9 Å². The van der Waals surface area contributed by atoms with E-state index in [4.69, 9.17) is 0 Å². The summed E-state index contributed by atoms with van der Waals surface area (Å²) in [5, 5.41) is 9.77. The Labute approximate surface area is 104 Å². The summed E-state index contributed by atoms with van der Waals surface area (Å²) in [5.41, 5.74) is 4.06. The van der Waals surface area contributed by atoms with Gasteiger partial charge in [0, 0.05) is 12.7 Å². The predicted octanol–water partition coefficient (Wildman–Crippen LogP) is 2.99. The van der Waals surface area contributed by atoms with Crippen molar-refractivity contribution in [3.63, 3.8) is 0 Å². The van der Waals surface area contributed by atoms with Crippen LogP contribution in [-0.4, -0.2) is 18.4 Å². The molecular weight excluding hydrogens is 210 g/mol. The fraction of sp³-hybridized carbons (Fsp3) is 0.533. The number of anilines is 1. The molecule has 0 saturated carbocycles. The van der Waals surface area contributed by atoms with Gasteiger partial charge in [0.05, 0.1) is 0 Å². The summed E-state index contributed by atoms with van der Waals surface area (Å²) in [4.78, 5) is 1.94. The second-order valence-electron chi connectivity index (χ2n) is 6.16. The van der Waals surface area contributed by atoms with Crippen LogP contribution >= 0.6 is 0 Å². The smallest absolute Gasteiger partial charge is 0.127 e. The predicted molar refractivity (Wildman–Crippen MR) is 72.0 cm³/mol. The first-order valence-corrected chi connectivity index (χ1v) is 6.24. The van der Waals surface area contributed by atoms with Crippen LogP contribution in [0.3, 0.4) is 0 Å². The quantitative estimate of drug-likeness (QED) is 0.804. The van der Waals surface area contributed by atoms with Crippen molar-refractivity contribution in [3.05, 3.63) is 35.7 Å². The Morgan fingerprint density at radius 2 is 2.06 bits per heavy atom. The topological polar surface area (TPSA) is 23.5 Å². The van der Waals surface area contributed by atoms with E-state index in [1.807, 2.05) is 11.9 Å². The Hall–Kier alpha value is -1.02. The van der Waals surface area contributed by atoms with Crippen molar-refractivity contribution in [1.82, 2.24) is 0 Å². The molecule has 2 rings (SSSR count). The monoisotopic (exact) mass is 232 g/mol. The van der Waals surface area contributed by atoms with Gasteiger partial charge in [-0.15, -0.1) is 0 Å². The largest absolute Gasteiger partial charge is 0.374 e. The van der Waals surface area contributed by atoms with Crippen molar-refractivity contribution in [2.75, 3.05) is 11.9 Å². The van der Waals surface area contributed by atoms with E-state index in [1.165, 1.54) is 11.1 Å². The minimum atomic E-state index is -0.379. The highest BCUT2D eigenvalue weighted by Crippen LogP contribution is 2.32. The van der Waals surface area contributed by atoms with Crippen molar-refractivity contribution in [1.29, 1.82) is 0 Å². The summed E-state index contributed by atoms with van der Waals surface area (Å²) in [6.45, 7) is 6.77. The average Bonchev–Trinajstić information content (AvgIpc) is 2.21. The van der Waals surface area contributed by atoms with E-state index in [9.17, 15) is 5.11 Å². The van der Waals surface area contributed by atoms with Gasteiger partial charge in [0.25, 0.3) is 0 Å². The number of aliphatic hydroxyl groups is 1. The molecule has 93 valence electrons. The number of hydrogen-bond donors (Lipinski definition) is 1. The highest BCUT2D eigenvalue weighted by molar-refractivity contribution is 5.60. The van der Waals surface area contributed by atoms with Gasteiger partial charge in [-0.2, -0.15) is 0 Å². The van der Waals surface area contributed by atoms with E-state index in [0.717, 1.165) is 12.1 Å². The lowest BCUT2D eigenvalue weighted by molar-refractivity contribution is 0.171. The van der Waals surface area contributed by atoms with E-state index in [0.29, 0.717) is 11.8 Å². The molecule has 1 atom stereocenters. The van der Waals surface area contributed by atoms with Gasteiger partial charge in [-0.1, -0.05) is 32.9 Å². The van der Waals surface area contributed by atoms with E-state index >= 15 is 0 Å². The molecule has 1 heterocycles. The zero-order valence-corrected chi connectivity index (χ0v) is 11.2. The first kappa shape index (κ1) is 12.4. The maximum Gasteiger partial charge on any atom is 0.127 e. The number of benzene rings is 1. The maximum absolute atomic E-state index is 9.77. The summed E-state index contributed by atoms with van der Waals surface area (Å²) in [6, 6.07) is 6.55. The standard InChI is InChI=1S/C15H22NO/c1-15(2,3)10-11-5-7-13-12(9-11)6-8-14(17)16(13)4/h5-7,9,14,17H,8,10H2,1-4H3. The van der Waals surface area contributed by atoms with Crippen molar-refractivity contribution in [2.45, 2.75) is 39.8 Å². The van der Waals surface area contributed by atoms with Crippen LogP contribution in [-0.2, 0) is 6.42 Å². The molecule has 0 amide bonds. The first-order chi connectivity index (χ1) is 7.87. The van der Waals surface area contributed by atoms with E-state index in [-0.39, 0.29) is 6.23 Å². The fourth-order valence-corrected chi connectivity index (χ4v) is 2.36. The molecule has 0 spiro atoms. The molecule has 0 fully saturated rings. The summed E-state index contributed by atoms with van der Waals surface area (Å²) in [6.07, 6.45) is 3.55. The van der Waals surface area contributed by atoms with Crippen LogP contribution in [0.25, 0.3) is 0 Å². The number of fused-ring (bicyclic) bond motifs is 1. The van der Waals surface area contributed by atoms with Crippen LogP contribution in [0.1, 0.15) is 38.3 Å². The summed E-state index contributed by atoms with van der Waals surface area (Å²) < 4.78 is 0. The molecule has 0 aromatic heterocycles. The highest BCUT2D eigenvalue weighted by Gasteiger charge is 2.22. The Balaban J connectivity index is 2.26. The first-order valence-electron chi connectivity index (χ1n) is 6.24. The molecule has 1 unspecified atom stereocenters. The molecule has 1 aromatic rings. The molecule has 1 radical (unpaired) electrons. The summed E-state index contributed by atoms with van der Waals surface area (Å²) >= 11 is 0. The number of aliphatic hydroxyl groups excluding tert-OH is 1. The number of nitrogens with zero attached hydrogens (tertiary/aromatic N) is 1. The molecule has 1 aliphatic rings. The molecule has 0 bridgehead atoms. The average molecular weight is 232 g/mol. The van der Waals surface area contributed by atoms with Gasteiger partial charge >= 0.3 is 0 Å². The lowest BCUT2D eigenvalue weighted by Crippen LogP contribution is -2.35. The molecule has 2 nitrogen and oxygen atoms in total. The third-order valence-corrected chi connectivity index (χ3v) is 3.20. The van der Waals surface area contributed by atoms with Gasteiger partial charge in [0.1, 0.15) is 6.23 Å². The van der Waals surface area contributed by atoms with Crippen molar-refractivity contribution in [3.8, 4) is 0 Å². The molecule has 1 aromatic carbocycles. The zero-order valence-electron chi connectivity index (χ0n) is 11.2. The molecule has 0 aliphatic carbocycles. The van der Waals surface area contributed by atoms with Crippen LogP contribution in [0.4, 0.5) is 5.69 Å². The van der Waals surface area contributed by atoms with E-state index in [1.54, 1.807) is 0 Å². The number of rotatable bonds is 1. The van der Waals surface area contributed by atoms with Gasteiger partial charge < -0.3 is 10.0 Å². The second-order valence-corrected chi connectivity index (χ2v) is 6.16. The van der Waals surface area contributed by atoms with Crippen LogP contribution in [0.5, 0.6) is 0 Å². The normalized spacial score (nSPS) is 20.3. The molecule has 2 heteroatoms. The SMILES string of the molecule is CN1c2ccc(CC(C)(C)C)cc2[CH]CC1O. The van der Waals surface area contributed by atoms with Crippen LogP contribution in [0.15, 0.2) is 18.2 Å². The second kappa shape index (κ2) is 4.34. The summed E-state index contributed by atoms with van der Waals surface area (Å²) in [5.74, 6) is 0. The molecule has 17 heavy (non-hydrogen) atoms. The Bertz CT molecular complexity index is 406. The summed E-state index contributed by atoms with van der Waals surface area (Å²) in [7, 11) is 1.94. The Kier molecular flexibility index (Phi) is 3.17. The van der Waals surface area contributed by atoms with Gasteiger partial charge in [0.15, 0.2) is 0 Å². The molecule has 1 aliphatic heterocycles. The molecule has 0 saturated heterocycles. The Morgan fingerprint density at radius 3 is 2.71 bits per heavy atom. The maximum atomic E-state index is 9.77. The minimum Gasteiger partial charge on any atom is -0.374 e. The third-order valence-electron chi connectivity index (χ3n) is 3.20. The van der Waals surface area contributed by atoms with E-state index < -0.39 is 0 Å². The van der Waals surface area contributed by atoms with Crippen molar-refractivity contribution < 1.29 is 5.11 Å².